The van der Waals surface area contributed by atoms with Crippen LogP contribution in [0.25, 0.3) is 0 Å². The molecule has 1 saturated heterocycles. The normalized spacial score (nSPS) is 16.6. The van der Waals surface area contributed by atoms with Gasteiger partial charge in [-0.25, -0.2) is 4.98 Å². The summed E-state index contributed by atoms with van der Waals surface area (Å²) in [5.74, 6) is 1.10. The van der Waals surface area contributed by atoms with Crippen LogP contribution in [0.4, 0.5) is 5.69 Å². The number of pyridine rings is 1. The Morgan fingerprint density at radius 3 is 2.60 bits per heavy atom. The Morgan fingerprint density at radius 1 is 1.20 bits per heavy atom. The monoisotopic (exact) mass is 271 g/mol. The molecule has 0 aromatic carbocycles. The van der Waals surface area contributed by atoms with Gasteiger partial charge in [0.15, 0.2) is 0 Å². The third kappa shape index (κ3) is 2.99. The van der Waals surface area contributed by atoms with Crippen LogP contribution in [0.3, 0.4) is 0 Å². The van der Waals surface area contributed by atoms with Crippen LogP contribution in [0, 0.1) is 0 Å². The van der Waals surface area contributed by atoms with E-state index in [1.165, 1.54) is 18.5 Å². The highest BCUT2D eigenvalue weighted by Gasteiger charge is 2.19. The maximum absolute atomic E-state index is 4.35. The van der Waals surface area contributed by atoms with Crippen molar-refractivity contribution >= 4 is 5.69 Å². The molecule has 2 aromatic heterocycles. The molecule has 0 atom stereocenters. The van der Waals surface area contributed by atoms with Gasteiger partial charge >= 0.3 is 0 Å². The van der Waals surface area contributed by atoms with Crippen molar-refractivity contribution in [2.75, 3.05) is 18.0 Å². The van der Waals surface area contributed by atoms with Crippen LogP contribution >= 0.6 is 0 Å². The van der Waals surface area contributed by atoms with E-state index in [4.69, 9.17) is 0 Å². The van der Waals surface area contributed by atoms with Gasteiger partial charge in [0, 0.05) is 56.7 Å². The van der Waals surface area contributed by atoms with Crippen molar-refractivity contribution < 1.29 is 0 Å². The predicted octanol–water partition coefficient (Wildman–Crippen LogP) is 1.57. The fraction of sp³-hybridized carbons (Fsp3) is 0.467. The molecule has 2 aromatic rings. The Bertz CT molecular complexity index is 528. The zero-order chi connectivity index (χ0) is 13.8. The van der Waals surface area contributed by atoms with E-state index in [1.54, 1.807) is 0 Å². The summed E-state index contributed by atoms with van der Waals surface area (Å²) in [4.78, 5) is 10.9. The predicted molar refractivity (Wildman–Crippen MR) is 79.5 cm³/mol. The van der Waals surface area contributed by atoms with Crippen molar-refractivity contribution in [1.82, 2.24) is 19.9 Å². The Kier molecular flexibility index (Phi) is 3.97. The van der Waals surface area contributed by atoms with Crippen LogP contribution in [0.5, 0.6) is 0 Å². The zero-order valence-electron chi connectivity index (χ0n) is 11.9. The Labute approximate surface area is 119 Å². The molecule has 5 heteroatoms. The van der Waals surface area contributed by atoms with Gasteiger partial charge < -0.3 is 14.8 Å². The molecule has 0 saturated carbocycles. The summed E-state index contributed by atoms with van der Waals surface area (Å²) < 4.78 is 2.07. The highest BCUT2D eigenvalue weighted by Crippen LogP contribution is 2.18. The maximum atomic E-state index is 4.35. The van der Waals surface area contributed by atoms with Gasteiger partial charge in [-0.3, -0.25) is 4.98 Å². The SMILES string of the molecule is Cn1ccnc1CNC1CCN(c2ccncc2)CC1. The molecule has 1 fully saturated rings. The molecule has 3 rings (SSSR count). The van der Waals surface area contributed by atoms with E-state index in [-0.39, 0.29) is 0 Å². The number of piperidine rings is 1. The first-order chi connectivity index (χ1) is 9.83. The third-order valence-corrected chi connectivity index (χ3v) is 3.99. The first-order valence-corrected chi connectivity index (χ1v) is 7.17. The molecule has 0 spiro atoms. The van der Waals surface area contributed by atoms with E-state index in [0.717, 1.165) is 25.5 Å². The fourth-order valence-corrected chi connectivity index (χ4v) is 2.70. The quantitative estimate of drug-likeness (QED) is 0.917. The van der Waals surface area contributed by atoms with Gasteiger partial charge in [0.1, 0.15) is 5.82 Å². The number of nitrogens with zero attached hydrogens (tertiary/aromatic N) is 4. The Balaban J connectivity index is 1.48. The van der Waals surface area contributed by atoms with E-state index in [0.29, 0.717) is 6.04 Å². The molecule has 0 unspecified atom stereocenters. The Morgan fingerprint density at radius 2 is 1.95 bits per heavy atom. The average Bonchev–Trinajstić information content (AvgIpc) is 2.92. The van der Waals surface area contributed by atoms with Crippen molar-refractivity contribution in [1.29, 1.82) is 0 Å². The zero-order valence-corrected chi connectivity index (χ0v) is 11.9. The first kappa shape index (κ1) is 13.1. The minimum Gasteiger partial charge on any atom is -0.371 e. The van der Waals surface area contributed by atoms with Crippen molar-refractivity contribution in [2.24, 2.45) is 7.05 Å². The molecule has 0 aliphatic carbocycles. The molecular formula is C15H21N5. The van der Waals surface area contributed by atoms with E-state index in [9.17, 15) is 0 Å². The lowest BCUT2D eigenvalue weighted by atomic mass is 10.0. The molecule has 1 N–H and O–H groups in total. The van der Waals surface area contributed by atoms with Gasteiger partial charge in [-0.1, -0.05) is 0 Å². The standard InChI is InChI=1S/C15H21N5/c1-19-11-8-17-15(19)12-18-13-4-9-20(10-5-13)14-2-6-16-7-3-14/h2-3,6-8,11,13,18H,4-5,9-10,12H2,1H3. The second-order valence-corrected chi connectivity index (χ2v) is 5.30. The molecule has 1 aliphatic heterocycles. The molecule has 3 heterocycles. The molecule has 0 radical (unpaired) electrons. The molecule has 1 aliphatic rings. The van der Waals surface area contributed by atoms with Crippen molar-refractivity contribution in [3.8, 4) is 0 Å². The van der Waals surface area contributed by atoms with Crippen molar-refractivity contribution in [3.63, 3.8) is 0 Å². The number of anilines is 1. The number of hydrogen-bond donors (Lipinski definition) is 1. The minimum absolute atomic E-state index is 0.588. The summed E-state index contributed by atoms with van der Waals surface area (Å²) in [7, 11) is 2.04. The van der Waals surface area contributed by atoms with Crippen molar-refractivity contribution in [2.45, 2.75) is 25.4 Å². The summed E-state index contributed by atoms with van der Waals surface area (Å²) >= 11 is 0. The summed E-state index contributed by atoms with van der Waals surface area (Å²) in [6, 6.07) is 4.76. The molecule has 5 nitrogen and oxygen atoms in total. The second-order valence-electron chi connectivity index (χ2n) is 5.30. The van der Waals surface area contributed by atoms with Gasteiger partial charge in [0.05, 0.1) is 6.54 Å². The second kappa shape index (κ2) is 6.05. The Hall–Kier alpha value is -1.88. The van der Waals surface area contributed by atoms with Gasteiger partial charge in [-0.05, 0) is 25.0 Å². The van der Waals surface area contributed by atoms with Crippen LogP contribution in [0.1, 0.15) is 18.7 Å². The van der Waals surface area contributed by atoms with E-state index in [2.05, 4.69) is 36.9 Å². The average molecular weight is 271 g/mol. The molecule has 0 bridgehead atoms. The number of hydrogen-bond acceptors (Lipinski definition) is 4. The number of nitrogens with one attached hydrogen (secondary N) is 1. The number of imidazole rings is 1. The van der Waals surface area contributed by atoms with E-state index >= 15 is 0 Å². The largest absolute Gasteiger partial charge is 0.371 e. The lowest BCUT2D eigenvalue weighted by Gasteiger charge is -2.34. The highest BCUT2D eigenvalue weighted by molar-refractivity contribution is 5.44. The van der Waals surface area contributed by atoms with Crippen LogP contribution in [-0.4, -0.2) is 33.7 Å². The maximum Gasteiger partial charge on any atom is 0.122 e. The van der Waals surface area contributed by atoms with E-state index < -0.39 is 0 Å². The minimum atomic E-state index is 0.588. The van der Waals surface area contributed by atoms with Gasteiger partial charge in [0.25, 0.3) is 0 Å². The molecular weight excluding hydrogens is 250 g/mol. The highest BCUT2D eigenvalue weighted by atomic mass is 15.2. The topological polar surface area (TPSA) is 46.0 Å². The smallest absolute Gasteiger partial charge is 0.122 e. The third-order valence-electron chi connectivity index (χ3n) is 3.99. The summed E-state index contributed by atoms with van der Waals surface area (Å²) in [6.07, 6.45) is 9.91. The lowest BCUT2D eigenvalue weighted by molar-refractivity contribution is 0.407. The van der Waals surface area contributed by atoms with Crippen LogP contribution in [0.15, 0.2) is 36.9 Å². The van der Waals surface area contributed by atoms with Crippen molar-refractivity contribution in [3.05, 3.63) is 42.7 Å². The van der Waals surface area contributed by atoms with Gasteiger partial charge in [-0.15, -0.1) is 0 Å². The lowest BCUT2D eigenvalue weighted by Crippen LogP contribution is -2.42. The molecule has 0 amide bonds. The van der Waals surface area contributed by atoms with Crippen LogP contribution in [-0.2, 0) is 13.6 Å². The molecule has 106 valence electrons. The summed E-state index contributed by atoms with van der Waals surface area (Å²) in [6.45, 7) is 3.05. The van der Waals surface area contributed by atoms with E-state index in [1.807, 2.05) is 31.8 Å². The fourth-order valence-electron chi connectivity index (χ4n) is 2.70. The summed E-state index contributed by atoms with van der Waals surface area (Å²) in [5, 5.41) is 3.61. The molecule has 20 heavy (non-hydrogen) atoms. The van der Waals surface area contributed by atoms with Crippen LogP contribution in [0.2, 0.25) is 0 Å². The first-order valence-electron chi connectivity index (χ1n) is 7.17. The van der Waals surface area contributed by atoms with Gasteiger partial charge in [0.2, 0.25) is 0 Å². The summed E-state index contributed by atoms with van der Waals surface area (Å²) in [5.41, 5.74) is 1.28. The van der Waals surface area contributed by atoms with Gasteiger partial charge in [-0.2, -0.15) is 0 Å². The number of aromatic nitrogens is 3. The number of aryl methyl sites for hydroxylation is 1. The van der Waals surface area contributed by atoms with Crippen LogP contribution < -0.4 is 10.2 Å². The number of rotatable bonds is 4.